The van der Waals surface area contributed by atoms with Crippen LogP contribution in [0.15, 0.2) is 34.2 Å². The molecule has 340 valence electrons. The van der Waals surface area contributed by atoms with Crippen LogP contribution >= 0.6 is 23.4 Å². The van der Waals surface area contributed by atoms with Crippen LogP contribution in [0.3, 0.4) is 0 Å². The molecule has 3 heterocycles. The second kappa shape index (κ2) is 21.8. The van der Waals surface area contributed by atoms with E-state index in [-0.39, 0.29) is 16.3 Å². The van der Waals surface area contributed by atoms with Crippen molar-refractivity contribution in [2.45, 2.75) is 121 Å². The molecule has 1 aromatic heterocycles. The summed E-state index contributed by atoms with van der Waals surface area (Å²) >= 11 is 6.62. The van der Waals surface area contributed by atoms with Gasteiger partial charge in [-0.2, -0.15) is 5.26 Å². The second-order valence-corrected chi connectivity index (χ2v) is 15.2. The van der Waals surface area contributed by atoms with Crippen molar-refractivity contribution in [3.05, 3.63) is 45.2 Å². The van der Waals surface area contributed by atoms with Gasteiger partial charge in [-0.1, -0.05) is 35.5 Å². The van der Waals surface area contributed by atoms with Gasteiger partial charge in [-0.05, 0) is 12.1 Å². The molecule has 4 rings (SSSR count). The first-order chi connectivity index (χ1) is 29.6. The lowest BCUT2D eigenvalue weighted by Gasteiger charge is -2.45. The summed E-state index contributed by atoms with van der Waals surface area (Å²) in [6.45, 7) is 6.80. The third kappa shape index (κ3) is 13.0. The highest BCUT2D eigenvalue weighted by atomic mass is 35.5. The van der Waals surface area contributed by atoms with Gasteiger partial charge in [-0.3, -0.25) is 47.7 Å². The topological polar surface area (TPSA) is 288 Å². The maximum absolute atomic E-state index is 15.0. The molecule has 0 radical (unpaired) electrons. The van der Waals surface area contributed by atoms with E-state index in [0.29, 0.717) is 16.3 Å². The Morgan fingerprint density at radius 3 is 1.49 bits per heavy atom. The fraction of sp³-hybridized carbons (Fsp3) is 0.513. The lowest BCUT2D eigenvalue weighted by molar-refractivity contribution is -0.270. The van der Waals surface area contributed by atoms with Crippen molar-refractivity contribution >= 4 is 71.1 Å². The monoisotopic (exact) mass is 923 g/mol. The molecule has 0 amide bonds. The minimum Gasteiger partial charge on any atom is -0.463 e. The van der Waals surface area contributed by atoms with Crippen molar-refractivity contribution in [3.8, 4) is 17.3 Å². The number of rotatable bonds is 14. The maximum atomic E-state index is 15.0. The van der Waals surface area contributed by atoms with Crippen molar-refractivity contribution in [1.82, 2.24) is 9.55 Å². The van der Waals surface area contributed by atoms with E-state index in [2.05, 4.69) is 4.98 Å². The van der Waals surface area contributed by atoms with E-state index in [4.69, 9.17) is 59.0 Å². The highest BCUT2D eigenvalue weighted by molar-refractivity contribution is 7.99. The zero-order valence-corrected chi connectivity index (χ0v) is 36.5. The van der Waals surface area contributed by atoms with Crippen LogP contribution in [0.2, 0.25) is 5.02 Å². The molecular formula is C39H42ClN3O19S. The lowest BCUT2D eigenvalue weighted by Crippen LogP contribution is -2.62. The van der Waals surface area contributed by atoms with Crippen LogP contribution < -0.4 is 5.56 Å². The highest BCUT2D eigenvalue weighted by Gasteiger charge is 2.56. The summed E-state index contributed by atoms with van der Waals surface area (Å²) < 4.78 is 57.0. The Kier molecular flexibility index (Phi) is 17.2. The zero-order chi connectivity index (χ0) is 46.9. The number of carbonyl (C=O) groups is 8. The number of ether oxygens (including phenoxy) is 10. The van der Waals surface area contributed by atoms with E-state index in [1.54, 1.807) is 0 Å². The van der Waals surface area contributed by atoms with Gasteiger partial charge in [-0.15, -0.1) is 0 Å². The standard InChI is InChI=1S/C39H42ClN3O19S/c1-16(44)53-14-27-30(55-18(3)46)32(57-20(5)48)34(59-22(7)50)37(61-27)43-36(52)26(13-41)29(24-9-11-25(40)12-10-24)42-39(43)63-38-35(60-23(8)51)33(58-21(6)49)31(56-19(4)47)28(62-38)15-54-17(2)45/h9-12,27-28,30-35,37-38H,14-15H2,1-8H3/t27-,28-,30-,31-,32+,33+,34-,35-,37-,38+/m1/s1. The predicted octanol–water partition coefficient (Wildman–Crippen LogP) is 1.87. The molecule has 2 fully saturated rings. The molecule has 10 atom stereocenters. The summed E-state index contributed by atoms with van der Waals surface area (Å²) in [7, 11) is 0. The molecule has 2 aliphatic rings. The maximum Gasteiger partial charge on any atom is 0.303 e. The molecule has 0 N–H and O–H groups in total. The average Bonchev–Trinajstić information content (AvgIpc) is 3.16. The van der Waals surface area contributed by atoms with Gasteiger partial charge < -0.3 is 47.4 Å². The predicted molar refractivity (Wildman–Crippen MR) is 209 cm³/mol. The SMILES string of the molecule is CC(=O)OC[C@H]1O[C@@H](n2c(S[C@@H]3O[C@H](COC(C)=O)[C@@H](OC(C)=O)[C@H](OC(C)=O)[C@H]3OC(C)=O)nc(-c3ccc(Cl)cc3)c(C#N)c2=O)[C@H](OC(C)=O)[C@@H](OC(C)=O)[C@@H]1OC(C)=O. The molecule has 0 aliphatic carbocycles. The fourth-order valence-corrected chi connectivity index (χ4v) is 7.86. The van der Waals surface area contributed by atoms with Crippen molar-refractivity contribution in [2.24, 2.45) is 0 Å². The number of benzene rings is 1. The van der Waals surface area contributed by atoms with Gasteiger partial charge in [0.1, 0.15) is 37.1 Å². The Morgan fingerprint density at radius 1 is 0.635 bits per heavy atom. The molecule has 0 saturated carbocycles. The van der Waals surface area contributed by atoms with E-state index < -0.39 is 138 Å². The fourth-order valence-electron chi connectivity index (χ4n) is 6.54. The summed E-state index contributed by atoms with van der Waals surface area (Å²) in [5, 5.41) is 10.3. The minimum absolute atomic E-state index is 0.171. The van der Waals surface area contributed by atoms with Crippen LogP contribution in [0.25, 0.3) is 11.3 Å². The molecule has 2 saturated heterocycles. The molecule has 2 aliphatic heterocycles. The van der Waals surface area contributed by atoms with Crippen molar-refractivity contribution < 1.29 is 85.7 Å². The van der Waals surface area contributed by atoms with Crippen molar-refractivity contribution in [1.29, 1.82) is 5.26 Å². The van der Waals surface area contributed by atoms with E-state index in [1.165, 1.54) is 24.3 Å². The second-order valence-electron chi connectivity index (χ2n) is 13.7. The third-order valence-corrected chi connectivity index (χ3v) is 10.1. The molecule has 0 bridgehead atoms. The molecular weight excluding hydrogens is 882 g/mol. The van der Waals surface area contributed by atoms with Crippen LogP contribution in [0, 0.1) is 11.3 Å². The number of nitrogens with zero attached hydrogens (tertiary/aromatic N) is 3. The number of halogens is 1. The summed E-state index contributed by atoms with van der Waals surface area (Å²) in [5.74, 6) is -7.39. The zero-order valence-electron chi connectivity index (χ0n) is 34.9. The van der Waals surface area contributed by atoms with Crippen LogP contribution in [0.5, 0.6) is 0 Å². The first-order valence-electron chi connectivity index (χ1n) is 18.7. The van der Waals surface area contributed by atoms with Gasteiger partial charge >= 0.3 is 47.8 Å². The van der Waals surface area contributed by atoms with Gasteiger partial charge in [0.2, 0.25) is 0 Å². The number of hydrogen-bond acceptors (Lipinski definition) is 22. The smallest absolute Gasteiger partial charge is 0.303 e. The molecule has 2 aromatic rings. The lowest BCUT2D eigenvalue weighted by atomic mass is 9.97. The Labute approximate surface area is 367 Å². The number of esters is 8. The van der Waals surface area contributed by atoms with E-state index in [1.807, 2.05) is 6.07 Å². The number of hydrogen-bond donors (Lipinski definition) is 0. The van der Waals surface area contributed by atoms with E-state index in [0.717, 1.165) is 55.4 Å². The summed E-state index contributed by atoms with van der Waals surface area (Å²) in [5.41, 5.74) is -3.55. The van der Waals surface area contributed by atoms with Gasteiger partial charge in [0, 0.05) is 66.0 Å². The number of aromatic nitrogens is 2. The Bertz CT molecular complexity index is 2210. The number of carbonyl (C=O) groups excluding carboxylic acids is 8. The molecule has 63 heavy (non-hydrogen) atoms. The largest absolute Gasteiger partial charge is 0.463 e. The molecule has 1 aromatic carbocycles. The quantitative estimate of drug-likeness (QED) is 0.148. The summed E-state index contributed by atoms with van der Waals surface area (Å²) in [4.78, 5) is 119. The van der Waals surface area contributed by atoms with E-state index in [9.17, 15) is 48.4 Å². The van der Waals surface area contributed by atoms with Crippen molar-refractivity contribution in [2.75, 3.05) is 13.2 Å². The molecule has 22 nitrogen and oxygen atoms in total. The normalized spacial score (nSPS) is 25.2. The Morgan fingerprint density at radius 2 is 1.05 bits per heavy atom. The molecule has 24 heteroatoms. The third-order valence-electron chi connectivity index (χ3n) is 8.70. The number of nitriles is 1. The van der Waals surface area contributed by atoms with E-state index >= 15 is 0 Å². The van der Waals surface area contributed by atoms with Crippen molar-refractivity contribution in [3.63, 3.8) is 0 Å². The first-order valence-corrected chi connectivity index (χ1v) is 20.0. The summed E-state index contributed by atoms with van der Waals surface area (Å²) in [6, 6.07) is 7.57. The Balaban J connectivity index is 2.10. The van der Waals surface area contributed by atoms with Gasteiger partial charge in [0.15, 0.2) is 53.4 Å². The number of thioether (sulfide) groups is 1. The minimum atomic E-state index is -2.00. The summed E-state index contributed by atoms with van der Waals surface area (Å²) in [6.07, 6.45) is -15.4. The highest BCUT2D eigenvalue weighted by Crippen LogP contribution is 2.41. The van der Waals surface area contributed by atoms with Gasteiger partial charge in [-0.25, -0.2) is 4.98 Å². The Hall–Kier alpha value is -6.09. The first kappa shape index (κ1) is 49.6. The average molecular weight is 924 g/mol. The van der Waals surface area contributed by atoms with Gasteiger partial charge in [0.25, 0.3) is 5.56 Å². The van der Waals surface area contributed by atoms with Gasteiger partial charge in [0.05, 0.1) is 5.69 Å². The van der Waals surface area contributed by atoms with Crippen LogP contribution in [-0.4, -0.2) is 125 Å². The van der Waals surface area contributed by atoms with Crippen LogP contribution in [-0.2, 0) is 85.7 Å². The molecule has 0 unspecified atom stereocenters. The molecule has 0 spiro atoms. The van der Waals surface area contributed by atoms with Crippen LogP contribution in [0.4, 0.5) is 0 Å². The van der Waals surface area contributed by atoms with Crippen LogP contribution in [0.1, 0.15) is 67.2 Å².